The first-order valence-electron chi connectivity index (χ1n) is 9.50. The van der Waals surface area contributed by atoms with E-state index >= 15 is 0 Å². The van der Waals surface area contributed by atoms with Crippen LogP contribution < -0.4 is 5.32 Å². The highest BCUT2D eigenvalue weighted by Crippen LogP contribution is 2.29. The third-order valence-corrected chi connectivity index (χ3v) is 6.36. The molecule has 0 aromatic heterocycles. The van der Waals surface area contributed by atoms with E-state index in [0.29, 0.717) is 16.5 Å². The molecule has 1 saturated heterocycles. The van der Waals surface area contributed by atoms with E-state index in [1.54, 1.807) is 6.07 Å². The topological polar surface area (TPSA) is 66.5 Å². The summed E-state index contributed by atoms with van der Waals surface area (Å²) in [6.07, 6.45) is 5.94. The molecule has 0 bridgehead atoms. The van der Waals surface area contributed by atoms with Gasteiger partial charge in [0.05, 0.1) is 10.8 Å². The third kappa shape index (κ3) is 4.80. The van der Waals surface area contributed by atoms with Crippen molar-refractivity contribution in [2.75, 3.05) is 12.3 Å². The molecule has 2 amide bonds. The summed E-state index contributed by atoms with van der Waals surface area (Å²) in [6.45, 7) is 4.02. The van der Waals surface area contributed by atoms with Crippen molar-refractivity contribution in [3.63, 3.8) is 0 Å². The molecule has 1 aliphatic carbocycles. The quantitative estimate of drug-likeness (QED) is 0.623. The molecule has 1 N–H and O–H groups in total. The highest BCUT2D eigenvalue weighted by Gasteiger charge is 2.30. The van der Waals surface area contributed by atoms with Crippen molar-refractivity contribution < 1.29 is 14.4 Å². The van der Waals surface area contributed by atoms with Crippen molar-refractivity contribution in [2.45, 2.75) is 45.6 Å². The van der Waals surface area contributed by atoms with E-state index in [-0.39, 0.29) is 35.9 Å². The molecule has 5 nitrogen and oxygen atoms in total. The second-order valence-corrected chi connectivity index (χ2v) is 8.36. The highest BCUT2D eigenvalue weighted by atomic mass is 32.2. The maximum absolute atomic E-state index is 12.6. The molecule has 27 heavy (non-hydrogen) atoms. The lowest BCUT2D eigenvalue weighted by atomic mass is 9.86. The number of nitrogens with one attached hydrogen (secondary N) is 1. The summed E-state index contributed by atoms with van der Waals surface area (Å²) < 4.78 is 0. The van der Waals surface area contributed by atoms with E-state index in [9.17, 15) is 14.4 Å². The summed E-state index contributed by atoms with van der Waals surface area (Å²) in [7, 11) is 0. The van der Waals surface area contributed by atoms with Gasteiger partial charge in [-0.25, -0.2) is 0 Å². The maximum atomic E-state index is 12.6. The van der Waals surface area contributed by atoms with Gasteiger partial charge in [-0.3, -0.25) is 19.3 Å². The molecule has 1 heterocycles. The first kappa shape index (κ1) is 19.7. The molecule has 6 heteroatoms. The number of thioether (sulfide) groups is 1. The molecule has 3 rings (SSSR count). The monoisotopic (exact) mass is 386 g/mol. The van der Waals surface area contributed by atoms with Gasteiger partial charge in [0.2, 0.25) is 11.8 Å². The number of carbonyl (C=O) groups excluding carboxylic acids is 3. The fourth-order valence-electron chi connectivity index (χ4n) is 3.67. The van der Waals surface area contributed by atoms with Crippen molar-refractivity contribution in [1.82, 2.24) is 10.2 Å². The zero-order valence-electron chi connectivity index (χ0n) is 15.9. The molecular weight excluding hydrogens is 360 g/mol. The number of carbonyl (C=O) groups is 3. The van der Waals surface area contributed by atoms with Gasteiger partial charge in [0.15, 0.2) is 5.78 Å². The third-order valence-electron chi connectivity index (χ3n) is 5.34. The van der Waals surface area contributed by atoms with Crippen LogP contribution in [0.25, 0.3) is 0 Å². The van der Waals surface area contributed by atoms with Gasteiger partial charge in [0.25, 0.3) is 0 Å². The number of rotatable bonds is 5. The van der Waals surface area contributed by atoms with Crippen LogP contribution in [0.3, 0.4) is 0 Å². The number of allylic oxidation sites excluding steroid dienone is 1. The fourth-order valence-corrected chi connectivity index (χ4v) is 4.61. The van der Waals surface area contributed by atoms with Gasteiger partial charge in [-0.15, -0.1) is 0 Å². The van der Waals surface area contributed by atoms with Crippen LogP contribution >= 0.6 is 11.8 Å². The molecule has 0 unspecified atom stereocenters. The summed E-state index contributed by atoms with van der Waals surface area (Å²) in [5.41, 5.74) is 1.51. The minimum absolute atomic E-state index is 0.0259. The molecule has 2 fully saturated rings. The standard InChI is InChI=1S/C21H26N2O3S/c1-14-7-3-5-9-16(14)18(24)11-21-23(20(26)13-27-21)12-19(25)22-17-10-6-4-8-15(17)2/h3,5,7,9,11,15,17H,4,6,8,10,12-13H2,1-2H3,(H,22,25)/b21-11-/t15-,17+/m1/s1. The summed E-state index contributed by atoms with van der Waals surface area (Å²) in [5, 5.41) is 3.63. The van der Waals surface area contributed by atoms with Crippen molar-refractivity contribution in [3.05, 3.63) is 46.5 Å². The minimum Gasteiger partial charge on any atom is -0.352 e. The van der Waals surface area contributed by atoms with Crippen molar-refractivity contribution in [3.8, 4) is 0 Å². The molecule has 1 aromatic rings. The zero-order chi connectivity index (χ0) is 19.4. The van der Waals surface area contributed by atoms with Crippen LogP contribution in [0.5, 0.6) is 0 Å². The van der Waals surface area contributed by atoms with E-state index < -0.39 is 0 Å². The van der Waals surface area contributed by atoms with E-state index in [0.717, 1.165) is 24.8 Å². The molecule has 0 radical (unpaired) electrons. The van der Waals surface area contributed by atoms with E-state index in [4.69, 9.17) is 0 Å². The Hall–Kier alpha value is -2.08. The Kier molecular flexibility index (Phi) is 6.37. The first-order valence-corrected chi connectivity index (χ1v) is 10.5. The van der Waals surface area contributed by atoms with Gasteiger partial charge >= 0.3 is 0 Å². The van der Waals surface area contributed by atoms with Crippen molar-refractivity contribution >= 4 is 29.4 Å². The largest absolute Gasteiger partial charge is 0.352 e. The van der Waals surface area contributed by atoms with Gasteiger partial charge in [-0.1, -0.05) is 55.8 Å². The number of hydrogen-bond acceptors (Lipinski definition) is 4. The summed E-state index contributed by atoms with van der Waals surface area (Å²) >= 11 is 1.31. The Morgan fingerprint density at radius 2 is 2.00 bits per heavy atom. The number of nitrogens with zero attached hydrogens (tertiary/aromatic N) is 1. The lowest BCUT2D eigenvalue weighted by Crippen LogP contribution is -2.45. The van der Waals surface area contributed by atoms with Crippen molar-refractivity contribution in [1.29, 1.82) is 0 Å². The zero-order valence-corrected chi connectivity index (χ0v) is 16.7. The van der Waals surface area contributed by atoms with Gasteiger partial charge in [-0.05, 0) is 31.2 Å². The van der Waals surface area contributed by atoms with Gasteiger partial charge in [0.1, 0.15) is 6.54 Å². The average molecular weight is 387 g/mol. The van der Waals surface area contributed by atoms with Crippen LogP contribution in [0, 0.1) is 12.8 Å². The summed E-state index contributed by atoms with van der Waals surface area (Å²) in [5.74, 6) is 0.301. The molecule has 1 aliphatic heterocycles. The number of benzene rings is 1. The Balaban J connectivity index is 1.68. The van der Waals surface area contributed by atoms with Crippen LogP contribution in [0.4, 0.5) is 0 Å². The normalized spacial score (nSPS) is 24.3. The van der Waals surface area contributed by atoms with Crippen LogP contribution in [-0.2, 0) is 9.59 Å². The van der Waals surface area contributed by atoms with E-state index in [1.165, 1.54) is 29.2 Å². The second-order valence-electron chi connectivity index (χ2n) is 7.37. The molecule has 2 aliphatic rings. The number of amides is 2. The number of ketones is 1. The predicted molar refractivity (Wildman–Crippen MR) is 107 cm³/mol. The summed E-state index contributed by atoms with van der Waals surface area (Å²) in [4.78, 5) is 38.7. The Morgan fingerprint density at radius 1 is 1.26 bits per heavy atom. The Bertz CT molecular complexity index is 774. The molecular formula is C21H26N2O3S. The average Bonchev–Trinajstić information content (AvgIpc) is 2.97. The van der Waals surface area contributed by atoms with Gasteiger partial charge in [-0.2, -0.15) is 0 Å². The van der Waals surface area contributed by atoms with Crippen LogP contribution in [0.1, 0.15) is 48.5 Å². The molecule has 1 saturated carbocycles. The van der Waals surface area contributed by atoms with Crippen LogP contribution in [0.2, 0.25) is 0 Å². The SMILES string of the molecule is Cc1ccccc1C(=O)/C=C1\SCC(=O)N1CC(=O)N[C@H]1CCCC[C@H]1C. The van der Waals surface area contributed by atoms with Gasteiger partial charge < -0.3 is 5.32 Å². The Labute approximate surface area is 164 Å². The first-order chi connectivity index (χ1) is 13.0. The molecule has 2 atom stereocenters. The minimum atomic E-state index is -0.154. The Morgan fingerprint density at radius 3 is 2.74 bits per heavy atom. The molecule has 144 valence electrons. The number of hydrogen-bond donors (Lipinski definition) is 1. The fraction of sp³-hybridized carbons (Fsp3) is 0.476. The highest BCUT2D eigenvalue weighted by molar-refractivity contribution is 8.04. The predicted octanol–water partition coefficient (Wildman–Crippen LogP) is 3.29. The maximum Gasteiger partial charge on any atom is 0.240 e. The number of aryl methyl sites for hydroxylation is 1. The lowest BCUT2D eigenvalue weighted by molar-refractivity contribution is -0.131. The van der Waals surface area contributed by atoms with E-state index in [2.05, 4.69) is 12.2 Å². The second kappa shape index (κ2) is 8.74. The summed E-state index contributed by atoms with van der Waals surface area (Å²) in [6, 6.07) is 7.54. The van der Waals surface area contributed by atoms with E-state index in [1.807, 2.05) is 25.1 Å². The molecule has 1 aromatic carbocycles. The van der Waals surface area contributed by atoms with Crippen LogP contribution in [0.15, 0.2) is 35.4 Å². The smallest absolute Gasteiger partial charge is 0.240 e. The van der Waals surface area contributed by atoms with Crippen molar-refractivity contribution in [2.24, 2.45) is 5.92 Å². The van der Waals surface area contributed by atoms with Crippen LogP contribution in [-0.4, -0.2) is 40.8 Å². The molecule has 0 spiro atoms. The van der Waals surface area contributed by atoms with Gasteiger partial charge in [0, 0.05) is 17.7 Å². The lowest BCUT2D eigenvalue weighted by Gasteiger charge is -2.30.